The molecule has 1 aliphatic heterocycles. The maximum atomic E-state index is 13.2. The first-order valence-corrected chi connectivity index (χ1v) is 11.4. The third-order valence-corrected chi connectivity index (χ3v) is 6.43. The van der Waals surface area contributed by atoms with Crippen LogP contribution >= 0.6 is 12.4 Å². The molecule has 7 nitrogen and oxygen atoms in total. The number of amides is 1. The average Bonchev–Trinajstić information content (AvgIpc) is 3.58. The van der Waals surface area contributed by atoms with E-state index in [4.69, 9.17) is 9.47 Å². The van der Waals surface area contributed by atoms with Crippen molar-refractivity contribution in [2.75, 3.05) is 26.8 Å². The Morgan fingerprint density at radius 2 is 1.94 bits per heavy atom. The second-order valence-electron chi connectivity index (χ2n) is 8.82. The third kappa shape index (κ3) is 4.94. The quantitative estimate of drug-likeness (QED) is 0.480. The minimum absolute atomic E-state index is 0. The SMILES string of the molecule is COc1ccc(OCC2CC2)c(-c2ccnc3c(C(=O)NC4CCNCC4)c(C)[nH]c23)c1.Cl. The monoisotopic (exact) mass is 470 g/mol. The smallest absolute Gasteiger partial charge is 0.255 e. The molecule has 0 unspecified atom stereocenters. The fraction of sp³-hybridized carbons (Fsp3) is 0.440. The van der Waals surface area contributed by atoms with Crippen LogP contribution in [0.25, 0.3) is 22.2 Å². The van der Waals surface area contributed by atoms with E-state index in [1.54, 1.807) is 13.3 Å². The molecule has 0 radical (unpaired) electrons. The van der Waals surface area contributed by atoms with Gasteiger partial charge in [-0.25, -0.2) is 0 Å². The second-order valence-corrected chi connectivity index (χ2v) is 8.82. The molecule has 3 aromatic rings. The summed E-state index contributed by atoms with van der Waals surface area (Å²) >= 11 is 0. The number of benzene rings is 1. The molecular formula is C25H31ClN4O3. The van der Waals surface area contributed by atoms with Crippen molar-refractivity contribution in [1.82, 2.24) is 20.6 Å². The molecule has 3 heterocycles. The lowest BCUT2D eigenvalue weighted by Gasteiger charge is -2.23. The van der Waals surface area contributed by atoms with E-state index < -0.39 is 0 Å². The molecule has 2 fully saturated rings. The lowest BCUT2D eigenvalue weighted by atomic mass is 10.0. The van der Waals surface area contributed by atoms with Gasteiger partial charge in [-0.15, -0.1) is 12.4 Å². The molecule has 2 aliphatic rings. The van der Waals surface area contributed by atoms with Gasteiger partial charge in [0.05, 0.1) is 24.8 Å². The molecule has 1 aromatic carbocycles. The number of hydrogen-bond acceptors (Lipinski definition) is 5. The lowest BCUT2D eigenvalue weighted by Crippen LogP contribution is -2.42. The van der Waals surface area contributed by atoms with E-state index in [0.717, 1.165) is 66.4 Å². The summed E-state index contributed by atoms with van der Waals surface area (Å²) in [6.45, 7) is 4.51. The van der Waals surface area contributed by atoms with Crippen LogP contribution in [0.15, 0.2) is 30.5 Å². The normalized spacial score (nSPS) is 16.3. The molecule has 8 heteroatoms. The van der Waals surface area contributed by atoms with Crippen molar-refractivity contribution in [1.29, 1.82) is 0 Å². The maximum absolute atomic E-state index is 13.2. The molecular weight excluding hydrogens is 440 g/mol. The first-order chi connectivity index (χ1) is 15.6. The van der Waals surface area contributed by atoms with Gasteiger partial charge >= 0.3 is 0 Å². The van der Waals surface area contributed by atoms with E-state index in [0.29, 0.717) is 17.0 Å². The average molecular weight is 471 g/mol. The van der Waals surface area contributed by atoms with Gasteiger partial charge in [0, 0.05) is 29.1 Å². The summed E-state index contributed by atoms with van der Waals surface area (Å²) in [4.78, 5) is 21.2. The summed E-state index contributed by atoms with van der Waals surface area (Å²) < 4.78 is 11.7. The Labute approximate surface area is 200 Å². The Bertz CT molecular complexity index is 1140. The van der Waals surface area contributed by atoms with Crippen molar-refractivity contribution in [2.24, 2.45) is 5.92 Å². The van der Waals surface area contributed by atoms with Gasteiger partial charge < -0.3 is 25.1 Å². The fourth-order valence-corrected chi connectivity index (χ4v) is 4.40. The summed E-state index contributed by atoms with van der Waals surface area (Å²) in [5.74, 6) is 2.16. The maximum Gasteiger partial charge on any atom is 0.255 e. The Balaban J connectivity index is 0.00000259. The van der Waals surface area contributed by atoms with Gasteiger partial charge in [-0.3, -0.25) is 9.78 Å². The van der Waals surface area contributed by atoms with E-state index in [9.17, 15) is 4.79 Å². The van der Waals surface area contributed by atoms with E-state index in [-0.39, 0.29) is 24.4 Å². The highest BCUT2D eigenvalue weighted by Crippen LogP contribution is 2.39. The van der Waals surface area contributed by atoms with Crippen LogP contribution in [0.5, 0.6) is 11.5 Å². The number of pyridine rings is 1. The van der Waals surface area contributed by atoms with Crippen LogP contribution in [0.4, 0.5) is 0 Å². The third-order valence-electron chi connectivity index (χ3n) is 6.43. The number of fused-ring (bicyclic) bond motifs is 1. The number of aryl methyl sites for hydroxylation is 1. The number of ether oxygens (including phenoxy) is 2. The number of rotatable bonds is 7. The van der Waals surface area contributed by atoms with Crippen LogP contribution in [-0.4, -0.2) is 48.7 Å². The number of methoxy groups -OCH3 is 1. The zero-order chi connectivity index (χ0) is 22.1. The van der Waals surface area contributed by atoms with Crippen LogP contribution in [-0.2, 0) is 0 Å². The van der Waals surface area contributed by atoms with E-state index in [2.05, 4.69) is 20.6 Å². The molecule has 0 spiro atoms. The molecule has 3 N–H and O–H groups in total. The Hall–Kier alpha value is -2.77. The van der Waals surface area contributed by atoms with Crippen molar-refractivity contribution in [3.63, 3.8) is 0 Å². The van der Waals surface area contributed by atoms with Crippen molar-refractivity contribution in [3.8, 4) is 22.6 Å². The number of aromatic nitrogens is 2. The van der Waals surface area contributed by atoms with Gasteiger partial charge in [-0.05, 0) is 75.9 Å². The van der Waals surface area contributed by atoms with Gasteiger partial charge in [0.1, 0.15) is 17.0 Å². The van der Waals surface area contributed by atoms with Crippen molar-refractivity contribution in [2.45, 2.75) is 38.6 Å². The molecule has 1 aliphatic carbocycles. The highest BCUT2D eigenvalue weighted by atomic mass is 35.5. The van der Waals surface area contributed by atoms with E-state index in [1.165, 1.54) is 12.8 Å². The van der Waals surface area contributed by atoms with Crippen molar-refractivity contribution in [3.05, 3.63) is 41.7 Å². The molecule has 1 saturated heterocycles. The molecule has 5 rings (SSSR count). The molecule has 176 valence electrons. The molecule has 1 amide bonds. The van der Waals surface area contributed by atoms with Crippen LogP contribution in [0.2, 0.25) is 0 Å². The van der Waals surface area contributed by atoms with Gasteiger partial charge in [0.2, 0.25) is 0 Å². The number of carbonyl (C=O) groups excluding carboxylic acids is 1. The summed E-state index contributed by atoms with van der Waals surface area (Å²) in [6.07, 6.45) is 6.11. The van der Waals surface area contributed by atoms with Crippen LogP contribution in [0.1, 0.15) is 41.7 Å². The summed E-state index contributed by atoms with van der Waals surface area (Å²) in [6, 6.07) is 8.02. The largest absolute Gasteiger partial charge is 0.497 e. The summed E-state index contributed by atoms with van der Waals surface area (Å²) in [7, 11) is 1.66. The number of hydrogen-bond donors (Lipinski definition) is 3. The van der Waals surface area contributed by atoms with Gasteiger partial charge in [-0.1, -0.05) is 0 Å². The molecule has 1 saturated carbocycles. The fourth-order valence-electron chi connectivity index (χ4n) is 4.40. The number of halogens is 1. The minimum atomic E-state index is -0.0684. The number of piperidine rings is 1. The molecule has 0 bridgehead atoms. The van der Waals surface area contributed by atoms with Gasteiger partial charge in [0.15, 0.2) is 0 Å². The first kappa shape index (κ1) is 23.4. The predicted molar refractivity (Wildman–Crippen MR) is 132 cm³/mol. The highest BCUT2D eigenvalue weighted by molar-refractivity contribution is 6.09. The topological polar surface area (TPSA) is 88.3 Å². The first-order valence-electron chi connectivity index (χ1n) is 11.4. The van der Waals surface area contributed by atoms with Crippen LogP contribution < -0.4 is 20.1 Å². The zero-order valence-corrected chi connectivity index (χ0v) is 19.9. The predicted octanol–water partition coefficient (Wildman–Crippen LogP) is 4.24. The minimum Gasteiger partial charge on any atom is -0.497 e. The Morgan fingerprint density at radius 1 is 1.15 bits per heavy atom. The highest BCUT2D eigenvalue weighted by Gasteiger charge is 2.25. The molecule has 0 atom stereocenters. The zero-order valence-electron chi connectivity index (χ0n) is 19.1. The van der Waals surface area contributed by atoms with E-state index >= 15 is 0 Å². The number of aromatic amines is 1. The van der Waals surface area contributed by atoms with Gasteiger partial charge in [0.25, 0.3) is 5.91 Å². The van der Waals surface area contributed by atoms with Crippen molar-refractivity contribution >= 4 is 29.3 Å². The Kier molecular flexibility index (Phi) is 7.10. The number of carbonyl (C=O) groups is 1. The Morgan fingerprint density at radius 3 is 2.67 bits per heavy atom. The van der Waals surface area contributed by atoms with Gasteiger partial charge in [-0.2, -0.15) is 0 Å². The number of H-pyrrole nitrogens is 1. The van der Waals surface area contributed by atoms with E-state index in [1.807, 2.05) is 31.2 Å². The lowest BCUT2D eigenvalue weighted by molar-refractivity contribution is 0.0930. The van der Waals surface area contributed by atoms with Crippen LogP contribution in [0, 0.1) is 12.8 Å². The number of nitrogens with one attached hydrogen (secondary N) is 3. The number of nitrogens with zero attached hydrogens (tertiary/aromatic N) is 1. The summed E-state index contributed by atoms with van der Waals surface area (Å²) in [5.41, 5.74) is 4.83. The standard InChI is InChI=1S/C25H30N4O3.ClH/c1-15-22(25(30)29-17-7-10-26-11-8-17)24-23(28-15)19(9-12-27-24)20-13-18(31-2)5-6-21(20)32-14-16-3-4-16;/h5-6,9,12-13,16-17,26,28H,3-4,7-8,10-11,14H2,1-2H3,(H,29,30);1H. The second kappa shape index (κ2) is 10.0. The molecule has 2 aromatic heterocycles. The van der Waals surface area contributed by atoms with Crippen LogP contribution in [0.3, 0.4) is 0 Å². The molecule has 33 heavy (non-hydrogen) atoms. The van der Waals surface area contributed by atoms with Crippen molar-refractivity contribution < 1.29 is 14.3 Å². The summed E-state index contributed by atoms with van der Waals surface area (Å²) in [5, 5.41) is 6.53.